The number of carbonyl (C=O) groups is 2. The van der Waals surface area contributed by atoms with Crippen LogP contribution in [0.3, 0.4) is 0 Å². The lowest BCUT2D eigenvalue weighted by Gasteiger charge is -2.59. The molecule has 0 aromatic carbocycles. The van der Waals surface area contributed by atoms with Crippen molar-refractivity contribution in [1.82, 2.24) is 0 Å². The molecule has 2 nitrogen and oxygen atoms in total. The number of hydrogen-bond donors (Lipinski definition) is 0. The monoisotopic (exact) mass is 288 g/mol. The highest BCUT2D eigenvalue weighted by Gasteiger charge is 2.60. The van der Waals surface area contributed by atoms with Gasteiger partial charge in [0, 0.05) is 24.7 Å². The van der Waals surface area contributed by atoms with Crippen molar-refractivity contribution in [3.05, 3.63) is 0 Å². The van der Waals surface area contributed by atoms with E-state index in [1.165, 1.54) is 19.3 Å². The molecule has 0 radical (unpaired) electrons. The number of hydrogen-bond acceptors (Lipinski definition) is 2. The number of carbonyl (C=O) groups excluding carboxylic acids is 2. The lowest BCUT2D eigenvalue weighted by Crippen LogP contribution is -2.53. The Hall–Kier alpha value is -0.660. The minimum atomic E-state index is -0.00511. The topological polar surface area (TPSA) is 34.1 Å². The van der Waals surface area contributed by atoms with Crippen molar-refractivity contribution in [3.63, 3.8) is 0 Å². The van der Waals surface area contributed by atoms with E-state index in [0.717, 1.165) is 50.4 Å². The molecule has 2 heteroatoms. The maximum absolute atomic E-state index is 12.4. The molecule has 0 unspecified atom stereocenters. The molecular formula is C19H28O2. The summed E-state index contributed by atoms with van der Waals surface area (Å²) in [5.74, 6) is 3.82. The van der Waals surface area contributed by atoms with Crippen LogP contribution in [0.2, 0.25) is 0 Å². The van der Waals surface area contributed by atoms with E-state index >= 15 is 0 Å². The molecule has 0 saturated heterocycles. The van der Waals surface area contributed by atoms with E-state index in [9.17, 15) is 9.59 Å². The Labute approximate surface area is 128 Å². The highest BCUT2D eigenvalue weighted by atomic mass is 16.1. The van der Waals surface area contributed by atoms with Gasteiger partial charge in [-0.3, -0.25) is 9.59 Å². The van der Waals surface area contributed by atoms with Crippen LogP contribution in [0.1, 0.15) is 71.6 Å². The van der Waals surface area contributed by atoms with Crippen LogP contribution in [0.15, 0.2) is 0 Å². The summed E-state index contributed by atoms with van der Waals surface area (Å²) in [6.45, 7) is 4.72. The van der Waals surface area contributed by atoms with E-state index in [1.807, 2.05) is 0 Å². The molecule has 0 aliphatic heterocycles. The summed E-state index contributed by atoms with van der Waals surface area (Å²) in [5, 5.41) is 0. The Kier molecular flexibility index (Phi) is 2.94. The molecule has 0 aromatic rings. The molecule has 0 amide bonds. The van der Waals surface area contributed by atoms with Gasteiger partial charge in [-0.05, 0) is 67.6 Å². The van der Waals surface area contributed by atoms with Gasteiger partial charge >= 0.3 is 0 Å². The van der Waals surface area contributed by atoms with Crippen LogP contribution in [0, 0.1) is 34.5 Å². The van der Waals surface area contributed by atoms with Gasteiger partial charge in [0.2, 0.25) is 0 Å². The molecule has 0 heterocycles. The zero-order valence-corrected chi connectivity index (χ0v) is 13.5. The third-order valence-electron chi connectivity index (χ3n) is 8.19. The van der Waals surface area contributed by atoms with Gasteiger partial charge in [-0.2, -0.15) is 0 Å². The fourth-order valence-corrected chi connectivity index (χ4v) is 6.82. The first kappa shape index (κ1) is 14.0. The molecule has 0 N–H and O–H groups in total. The summed E-state index contributed by atoms with van der Waals surface area (Å²) in [6, 6.07) is 0. The van der Waals surface area contributed by atoms with E-state index in [0.29, 0.717) is 28.8 Å². The smallest absolute Gasteiger partial charge is 0.139 e. The molecule has 4 rings (SSSR count). The first-order valence-corrected chi connectivity index (χ1v) is 9.00. The minimum absolute atomic E-state index is 0.00511. The predicted octanol–water partition coefficient (Wildman–Crippen LogP) is 4.17. The fourth-order valence-electron chi connectivity index (χ4n) is 6.82. The van der Waals surface area contributed by atoms with Gasteiger partial charge < -0.3 is 0 Å². The van der Waals surface area contributed by atoms with Crippen molar-refractivity contribution in [1.29, 1.82) is 0 Å². The van der Waals surface area contributed by atoms with Crippen LogP contribution in [0.25, 0.3) is 0 Å². The first-order valence-electron chi connectivity index (χ1n) is 9.00. The molecule has 21 heavy (non-hydrogen) atoms. The van der Waals surface area contributed by atoms with Gasteiger partial charge in [0.1, 0.15) is 11.6 Å². The van der Waals surface area contributed by atoms with Gasteiger partial charge in [-0.15, -0.1) is 0 Å². The molecule has 4 saturated carbocycles. The molecule has 4 aliphatic carbocycles. The number of rotatable bonds is 0. The normalized spacial score (nSPS) is 53.0. The van der Waals surface area contributed by atoms with Crippen LogP contribution in [0.4, 0.5) is 0 Å². The largest absolute Gasteiger partial charge is 0.300 e. The van der Waals surface area contributed by atoms with E-state index < -0.39 is 0 Å². The van der Waals surface area contributed by atoms with Gasteiger partial charge in [0.15, 0.2) is 0 Å². The van der Waals surface area contributed by atoms with Crippen molar-refractivity contribution < 1.29 is 9.59 Å². The second kappa shape index (κ2) is 4.43. The molecule has 116 valence electrons. The van der Waals surface area contributed by atoms with Gasteiger partial charge in [0.05, 0.1) is 0 Å². The zero-order valence-electron chi connectivity index (χ0n) is 13.5. The third-order valence-corrected chi connectivity index (χ3v) is 8.19. The third kappa shape index (κ3) is 1.77. The lowest BCUT2D eigenvalue weighted by atomic mass is 9.45. The standard InChI is InChI=1S/C19H28O2/c1-18-9-7-13(20)11-12(18)3-4-14-15-5-6-17(21)19(15,2)10-8-16(14)18/h12,14-16H,3-11H2,1-2H3/t12-,14-,15+,16+,18-,19-/m0/s1. The average molecular weight is 288 g/mol. The molecule has 0 aromatic heterocycles. The summed E-state index contributed by atoms with van der Waals surface area (Å²) in [5.41, 5.74) is 0.374. The van der Waals surface area contributed by atoms with Crippen LogP contribution in [0.5, 0.6) is 0 Å². The number of ketones is 2. The Balaban J connectivity index is 1.65. The molecule has 0 bridgehead atoms. The van der Waals surface area contributed by atoms with Crippen molar-refractivity contribution in [3.8, 4) is 0 Å². The maximum Gasteiger partial charge on any atom is 0.139 e. The Morgan fingerprint density at radius 3 is 2.52 bits per heavy atom. The predicted molar refractivity (Wildman–Crippen MR) is 81.7 cm³/mol. The average Bonchev–Trinajstić information content (AvgIpc) is 2.76. The van der Waals surface area contributed by atoms with Gasteiger partial charge in [-0.25, -0.2) is 0 Å². The second-order valence-corrected chi connectivity index (χ2v) is 8.82. The van der Waals surface area contributed by atoms with Crippen LogP contribution >= 0.6 is 0 Å². The van der Waals surface area contributed by atoms with Crippen molar-refractivity contribution in [2.24, 2.45) is 34.5 Å². The Morgan fingerprint density at radius 2 is 1.71 bits per heavy atom. The Bertz CT molecular complexity index is 496. The highest BCUT2D eigenvalue weighted by molar-refractivity contribution is 5.87. The molecular weight excluding hydrogens is 260 g/mol. The summed E-state index contributed by atoms with van der Waals surface area (Å²) in [7, 11) is 0. The van der Waals surface area contributed by atoms with Crippen LogP contribution in [-0.2, 0) is 9.59 Å². The summed E-state index contributed by atoms with van der Waals surface area (Å²) in [6.07, 6.45) is 9.53. The van der Waals surface area contributed by atoms with Crippen LogP contribution in [-0.4, -0.2) is 11.6 Å². The Morgan fingerprint density at radius 1 is 0.905 bits per heavy atom. The molecule has 0 spiro atoms. The fraction of sp³-hybridized carbons (Fsp3) is 0.895. The molecule has 6 atom stereocenters. The highest BCUT2D eigenvalue weighted by Crippen LogP contribution is 2.65. The SMILES string of the molecule is C[C@]12CCC(=O)C[C@@H]1CC[C@@H]1[C@H]2CC[C@]2(C)C(=O)CC[C@H]12. The van der Waals surface area contributed by atoms with E-state index in [-0.39, 0.29) is 5.41 Å². The second-order valence-electron chi connectivity index (χ2n) is 8.82. The van der Waals surface area contributed by atoms with Crippen molar-refractivity contribution in [2.45, 2.75) is 71.6 Å². The van der Waals surface area contributed by atoms with Gasteiger partial charge in [0.25, 0.3) is 0 Å². The van der Waals surface area contributed by atoms with E-state index in [1.54, 1.807) is 0 Å². The molecule has 4 aliphatic rings. The summed E-state index contributed by atoms with van der Waals surface area (Å²) < 4.78 is 0. The first-order chi connectivity index (χ1) is 9.95. The maximum atomic E-state index is 12.4. The van der Waals surface area contributed by atoms with E-state index in [2.05, 4.69) is 13.8 Å². The minimum Gasteiger partial charge on any atom is -0.300 e. The van der Waals surface area contributed by atoms with Crippen molar-refractivity contribution >= 4 is 11.6 Å². The van der Waals surface area contributed by atoms with Crippen molar-refractivity contribution in [2.75, 3.05) is 0 Å². The van der Waals surface area contributed by atoms with Crippen LogP contribution < -0.4 is 0 Å². The summed E-state index contributed by atoms with van der Waals surface area (Å²) >= 11 is 0. The zero-order chi connectivity index (χ0) is 14.8. The number of Topliss-reactive ketones (excluding diaryl/α,β-unsaturated/α-hetero) is 2. The molecule has 4 fully saturated rings. The van der Waals surface area contributed by atoms with E-state index in [4.69, 9.17) is 0 Å². The number of fused-ring (bicyclic) bond motifs is 5. The quantitative estimate of drug-likeness (QED) is 0.670. The lowest BCUT2D eigenvalue weighted by molar-refractivity contribution is -0.144. The van der Waals surface area contributed by atoms with Gasteiger partial charge in [-0.1, -0.05) is 13.8 Å². The summed E-state index contributed by atoms with van der Waals surface area (Å²) in [4.78, 5) is 24.2.